The molecule has 1 saturated carbocycles. The summed E-state index contributed by atoms with van der Waals surface area (Å²) in [6.07, 6.45) is 3.16. The normalized spacial score (nSPS) is 22.2. The second-order valence-corrected chi connectivity index (χ2v) is 6.63. The zero-order valence-corrected chi connectivity index (χ0v) is 14.5. The summed E-state index contributed by atoms with van der Waals surface area (Å²) in [5.41, 5.74) is 1.16. The first-order valence-corrected chi connectivity index (χ1v) is 8.93. The van der Waals surface area contributed by atoms with Gasteiger partial charge in [-0.25, -0.2) is 9.18 Å². The summed E-state index contributed by atoms with van der Waals surface area (Å²) in [5.74, 6) is -0.560. The van der Waals surface area contributed by atoms with Crippen molar-refractivity contribution < 1.29 is 23.5 Å². The van der Waals surface area contributed by atoms with E-state index in [1.807, 2.05) is 6.92 Å². The Morgan fingerprint density at radius 2 is 2.12 bits per heavy atom. The SMILES string of the molecule is CCCN1C(=O)COc2cc(F)c(N3N=C4CCCCC4OC3=O)cc21. The van der Waals surface area contributed by atoms with Crippen molar-refractivity contribution >= 4 is 29.1 Å². The molecule has 2 aliphatic heterocycles. The van der Waals surface area contributed by atoms with Crippen LogP contribution in [0.1, 0.15) is 39.0 Å². The summed E-state index contributed by atoms with van der Waals surface area (Å²) in [7, 11) is 0. The molecule has 1 unspecified atom stereocenters. The highest BCUT2D eigenvalue weighted by Crippen LogP contribution is 2.39. The third-order valence-electron chi connectivity index (χ3n) is 4.81. The molecule has 138 valence electrons. The number of hydrogen-bond acceptors (Lipinski definition) is 5. The summed E-state index contributed by atoms with van der Waals surface area (Å²) in [6, 6.07) is 2.63. The number of benzene rings is 1. The number of hydrazone groups is 1. The van der Waals surface area contributed by atoms with E-state index in [-0.39, 0.29) is 30.1 Å². The highest BCUT2D eigenvalue weighted by Gasteiger charge is 2.36. The summed E-state index contributed by atoms with van der Waals surface area (Å²) in [4.78, 5) is 26.1. The van der Waals surface area contributed by atoms with Crippen LogP contribution < -0.4 is 14.6 Å². The van der Waals surface area contributed by atoms with Gasteiger partial charge in [-0.1, -0.05) is 6.92 Å². The molecule has 1 aromatic carbocycles. The van der Waals surface area contributed by atoms with Crippen LogP contribution in [0.4, 0.5) is 20.6 Å². The van der Waals surface area contributed by atoms with Gasteiger partial charge in [0.15, 0.2) is 12.4 Å². The van der Waals surface area contributed by atoms with Crippen LogP contribution in [-0.4, -0.2) is 37.0 Å². The van der Waals surface area contributed by atoms with E-state index in [1.165, 1.54) is 12.1 Å². The van der Waals surface area contributed by atoms with Crippen molar-refractivity contribution in [3.63, 3.8) is 0 Å². The fourth-order valence-electron chi connectivity index (χ4n) is 3.54. The van der Waals surface area contributed by atoms with Crippen LogP contribution in [0.2, 0.25) is 0 Å². The van der Waals surface area contributed by atoms with Crippen LogP contribution in [0.3, 0.4) is 0 Å². The molecule has 0 spiro atoms. The molecule has 1 atom stereocenters. The minimum atomic E-state index is -0.704. The van der Waals surface area contributed by atoms with Crippen molar-refractivity contribution in [3.05, 3.63) is 17.9 Å². The van der Waals surface area contributed by atoms with Gasteiger partial charge in [-0.15, -0.1) is 0 Å². The molecule has 7 nitrogen and oxygen atoms in total. The van der Waals surface area contributed by atoms with E-state index in [0.29, 0.717) is 12.2 Å². The molecule has 1 aliphatic carbocycles. The molecule has 2 heterocycles. The molecule has 8 heteroatoms. The number of halogens is 1. The molecular formula is C18H20FN3O4. The highest BCUT2D eigenvalue weighted by atomic mass is 19.1. The molecular weight excluding hydrogens is 341 g/mol. The standard InChI is InChI=1S/C18H20FN3O4/c1-2-7-21-14-9-13(11(19)8-16(14)25-10-17(21)23)22-18(24)26-15-6-4-3-5-12(15)20-22/h8-9,15H,2-7,10H2,1H3. The highest BCUT2D eigenvalue weighted by molar-refractivity contribution is 6.02. The van der Waals surface area contributed by atoms with Crippen LogP contribution in [0.25, 0.3) is 0 Å². The van der Waals surface area contributed by atoms with Gasteiger partial charge < -0.3 is 14.4 Å². The van der Waals surface area contributed by atoms with E-state index in [1.54, 1.807) is 4.90 Å². The van der Waals surface area contributed by atoms with Crippen molar-refractivity contribution in [2.24, 2.45) is 5.10 Å². The Hall–Kier alpha value is -2.64. The molecule has 0 aromatic heterocycles. The molecule has 26 heavy (non-hydrogen) atoms. The summed E-state index contributed by atoms with van der Waals surface area (Å²) < 4.78 is 25.4. The molecule has 0 radical (unpaired) electrons. The lowest BCUT2D eigenvalue weighted by molar-refractivity contribution is -0.121. The van der Waals surface area contributed by atoms with Crippen LogP contribution in [0.15, 0.2) is 17.2 Å². The average molecular weight is 361 g/mol. The minimum absolute atomic E-state index is 0.0373. The maximum Gasteiger partial charge on any atom is 0.435 e. The van der Waals surface area contributed by atoms with Crippen LogP contribution in [-0.2, 0) is 9.53 Å². The number of rotatable bonds is 3. The molecule has 0 bridgehead atoms. The maximum atomic E-state index is 14.7. The van der Waals surface area contributed by atoms with Gasteiger partial charge in [0.05, 0.1) is 11.4 Å². The third-order valence-corrected chi connectivity index (χ3v) is 4.81. The van der Waals surface area contributed by atoms with Gasteiger partial charge in [0.25, 0.3) is 5.91 Å². The summed E-state index contributed by atoms with van der Waals surface area (Å²) in [6.45, 7) is 2.31. The van der Waals surface area contributed by atoms with Gasteiger partial charge in [-0.05, 0) is 38.2 Å². The topological polar surface area (TPSA) is 71.4 Å². The molecule has 1 fully saturated rings. The Bertz CT molecular complexity index is 795. The Morgan fingerprint density at radius 3 is 2.92 bits per heavy atom. The Morgan fingerprint density at radius 1 is 1.27 bits per heavy atom. The van der Waals surface area contributed by atoms with Crippen LogP contribution in [0, 0.1) is 5.82 Å². The van der Waals surface area contributed by atoms with E-state index >= 15 is 0 Å². The number of fused-ring (bicyclic) bond motifs is 2. The van der Waals surface area contributed by atoms with Crippen LogP contribution in [0.5, 0.6) is 5.75 Å². The predicted molar refractivity (Wildman–Crippen MR) is 93.2 cm³/mol. The Balaban J connectivity index is 1.75. The first kappa shape index (κ1) is 16.8. The van der Waals surface area contributed by atoms with Gasteiger partial charge in [-0.3, -0.25) is 4.79 Å². The van der Waals surface area contributed by atoms with E-state index in [0.717, 1.165) is 42.8 Å². The van der Waals surface area contributed by atoms with Gasteiger partial charge in [0.1, 0.15) is 17.5 Å². The molecule has 4 rings (SSSR count). The first-order valence-electron chi connectivity index (χ1n) is 8.93. The number of nitrogens with zero attached hydrogens (tertiary/aromatic N) is 3. The quantitative estimate of drug-likeness (QED) is 0.829. The predicted octanol–water partition coefficient (Wildman–Crippen LogP) is 3.22. The largest absolute Gasteiger partial charge is 0.481 e. The Labute approximate surface area is 150 Å². The summed E-state index contributed by atoms with van der Waals surface area (Å²) in [5, 5.41) is 5.30. The molecule has 0 saturated heterocycles. The zero-order chi connectivity index (χ0) is 18.3. The fraction of sp³-hybridized carbons (Fsp3) is 0.500. The molecule has 1 aromatic rings. The second kappa shape index (κ2) is 6.59. The fourth-order valence-corrected chi connectivity index (χ4v) is 3.54. The van der Waals surface area contributed by atoms with Crippen molar-refractivity contribution in [3.8, 4) is 5.75 Å². The number of carbonyl (C=O) groups excluding carboxylic acids is 2. The molecule has 2 amide bonds. The Kier molecular flexibility index (Phi) is 4.26. The monoisotopic (exact) mass is 361 g/mol. The zero-order valence-electron chi connectivity index (χ0n) is 14.5. The second-order valence-electron chi connectivity index (χ2n) is 6.63. The smallest absolute Gasteiger partial charge is 0.435 e. The minimum Gasteiger partial charge on any atom is -0.481 e. The van der Waals surface area contributed by atoms with Crippen LogP contribution >= 0.6 is 0 Å². The van der Waals surface area contributed by atoms with E-state index in [2.05, 4.69) is 5.10 Å². The number of anilines is 2. The van der Waals surface area contributed by atoms with Crippen molar-refractivity contribution in [1.82, 2.24) is 0 Å². The van der Waals surface area contributed by atoms with E-state index in [4.69, 9.17) is 9.47 Å². The lowest BCUT2D eigenvalue weighted by atomic mass is 9.95. The van der Waals surface area contributed by atoms with Crippen molar-refractivity contribution in [1.29, 1.82) is 0 Å². The number of carbonyl (C=O) groups is 2. The number of hydrogen-bond donors (Lipinski definition) is 0. The van der Waals surface area contributed by atoms with Gasteiger partial charge in [0, 0.05) is 12.6 Å². The molecule has 3 aliphatic rings. The third kappa shape index (κ3) is 2.79. The lowest BCUT2D eigenvalue weighted by Crippen LogP contribution is -2.43. The first-order chi connectivity index (χ1) is 12.6. The number of ether oxygens (including phenoxy) is 2. The lowest BCUT2D eigenvalue weighted by Gasteiger charge is -2.33. The van der Waals surface area contributed by atoms with Crippen molar-refractivity contribution in [2.45, 2.75) is 45.1 Å². The maximum absolute atomic E-state index is 14.7. The van der Waals surface area contributed by atoms with E-state index < -0.39 is 11.9 Å². The van der Waals surface area contributed by atoms with Gasteiger partial charge in [-0.2, -0.15) is 10.1 Å². The van der Waals surface area contributed by atoms with E-state index in [9.17, 15) is 14.0 Å². The van der Waals surface area contributed by atoms with Crippen molar-refractivity contribution in [2.75, 3.05) is 23.1 Å². The summed E-state index contributed by atoms with van der Waals surface area (Å²) >= 11 is 0. The number of amides is 2. The van der Waals surface area contributed by atoms with Gasteiger partial charge >= 0.3 is 6.09 Å². The average Bonchev–Trinajstić information content (AvgIpc) is 2.63. The molecule has 0 N–H and O–H groups in total. The van der Waals surface area contributed by atoms with Gasteiger partial charge in [0.2, 0.25) is 0 Å².